The molecule has 0 bridgehead atoms. The Labute approximate surface area is 156 Å². The molecule has 122 valence electrons. The first-order valence-corrected chi connectivity index (χ1v) is 9.89. The minimum Gasteiger partial charge on any atom is -0.279 e. The van der Waals surface area contributed by atoms with Gasteiger partial charge in [-0.1, -0.05) is 28.1 Å². The minimum absolute atomic E-state index is 0.0706. The third-order valence-electron chi connectivity index (χ3n) is 3.14. The Kier molecular flexibility index (Phi) is 5.89. The number of halogens is 3. The van der Waals surface area contributed by atoms with Gasteiger partial charge in [-0.25, -0.2) is 8.42 Å². The topological polar surface area (TPSA) is 54.5 Å². The van der Waals surface area contributed by atoms with Crippen LogP contribution in [0.25, 0.3) is 0 Å². The Morgan fingerprint density at radius 2 is 1.65 bits per heavy atom. The van der Waals surface area contributed by atoms with Crippen molar-refractivity contribution in [3.8, 4) is 0 Å². The summed E-state index contributed by atoms with van der Waals surface area (Å²) in [5.74, 6) is 0. The number of hydrogen-bond donors (Lipinski definition) is 0. The van der Waals surface area contributed by atoms with Crippen molar-refractivity contribution in [1.82, 2.24) is 0 Å². The molecular weight excluding hydrogens is 469 g/mol. The molecule has 1 unspecified atom stereocenters. The van der Waals surface area contributed by atoms with Gasteiger partial charge in [0.15, 0.2) is 0 Å². The van der Waals surface area contributed by atoms with Crippen LogP contribution >= 0.6 is 43.5 Å². The molecule has 4 nitrogen and oxygen atoms in total. The summed E-state index contributed by atoms with van der Waals surface area (Å²) in [5, 5.41) is -0.763. The van der Waals surface area contributed by atoms with E-state index in [-0.39, 0.29) is 4.90 Å². The van der Waals surface area contributed by atoms with E-state index in [4.69, 9.17) is 11.6 Å². The number of hydrogen-bond acceptors (Lipinski definition) is 3. The maximum absolute atomic E-state index is 13.0. The quantitative estimate of drug-likeness (QED) is 0.589. The monoisotopic (exact) mass is 479 g/mol. The summed E-state index contributed by atoms with van der Waals surface area (Å²) in [6.45, 7) is 1.45. The van der Waals surface area contributed by atoms with Crippen LogP contribution in [0.1, 0.15) is 6.92 Å². The van der Waals surface area contributed by atoms with Crippen molar-refractivity contribution in [2.45, 2.75) is 17.9 Å². The van der Waals surface area contributed by atoms with Gasteiger partial charge in [-0.3, -0.25) is 9.10 Å². The minimum atomic E-state index is -3.96. The third kappa shape index (κ3) is 3.96. The van der Waals surface area contributed by atoms with Crippen LogP contribution in [-0.4, -0.2) is 19.7 Å². The molecule has 0 aliphatic rings. The molecule has 2 rings (SSSR count). The van der Waals surface area contributed by atoms with Gasteiger partial charge in [0.1, 0.15) is 6.04 Å². The molecule has 0 aliphatic heterocycles. The van der Waals surface area contributed by atoms with Crippen LogP contribution in [0.15, 0.2) is 62.4 Å². The second kappa shape index (κ2) is 7.34. The molecule has 0 fully saturated rings. The van der Waals surface area contributed by atoms with Crippen molar-refractivity contribution in [1.29, 1.82) is 0 Å². The molecule has 8 heteroatoms. The summed E-state index contributed by atoms with van der Waals surface area (Å²) in [4.78, 5) is 11.7. The van der Waals surface area contributed by atoms with Crippen molar-refractivity contribution in [2.24, 2.45) is 0 Å². The Bertz CT molecular complexity index is 825. The molecule has 0 aromatic heterocycles. The fourth-order valence-corrected chi connectivity index (χ4v) is 4.64. The Morgan fingerprint density at radius 1 is 1.09 bits per heavy atom. The summed E-state index contributed by atoms with van der Waals surface area (Å²) in [7, 11) is -3.96. The van der Waals surface area contributed by atoms with Crippen molar-refractivity contribution in [3.63, 3.8) is 0 Å². The number of rotatable bonds is 5. The lowest BCUT2D eigenvalue weighted by atomic mass is 10.3. The van der Waals surface area contributed by atoms with E-state index in [0.29, 0.717) is 10.2 Å². The highest BCUT2D eigenvalue weighted by Gasteiger charge is 2.33. The fourth-order valence-electron chi connectivity index (χ4n) is 1.99. The summed E-state index contributed by atoms with van der Waals surface area (Å²) in [5.41, 5.74) is 0.344. The van der Waals surface area contributed by atoms with Crippen LogP contribution in [0.5, 0.6) is 0 Å². The second-order valence-corrected chi connectivity index (χ2v) is 8.64. The van der Waals surface area contributed by atoms with E-state index < -0.39 is 21.3 Å². The molecule has 0 amide bonds. The maximum Gasteiger partial charge on any atom is 0.265 e. The highest BCUT2D eigenvalue weighted by Crippen LogP contribution is 2.33. The van der Waals surface area contributed by atoms with Gasteiger partial charge in [-0.2, -0.15) is 0 Å². The van der Waals surface area contributed by atoms with Gasteiger partial charge in [0.05, 0.1) is 10.6 Å². The van der Waals surface area contributed by atoms with E-state index in [1.54, 1.807) is 36.4 Å². The van der Waals surface area contributed by atoms with E-state index in [0.717, 1.165) is 8.78 Å². The number of para-hydroxylation sites is 1. The SMILES string of the molecule is CC(C(=O)Cl)N(c1ccccc1Br)S(=O)(=O)c1ccc(Br)cc1. The molecule has 0 heterocycles. The molecule has 23 heavy (non-hydrogen) atoms. The van der Waals surface area contributed by atoms with Crippen molar-refractivity contribution in [3.05, 3.63) is 57.5 Å². The van der Waals surface area contributed by atoms with Gasteiger partial charge >= 0.3 is 0 Å². The first kappa shape index (κ1) is 18.4. The zero-order chi connectivity index (χ0) is 17.2. The van der Waals surface area contributed by atoms with Gasteiger partial charge in [0.2, 0.25) is 5.24 Å². The highest BCUT2D eigenvalue weighted by atomic mass is 79.9. The molecule has 0 saturated heterocycles. The summed E-state index contributed by atoms with van der Waals surface area (Å²) in [6.07, 6.45) is 0. The van der Waals surface area contributed by atoms with Crippen LogP contribution < -0.4 is 4.31 Å². The van der Waals surface area contributed by atoms with E-state index in [1.807, 2.05) is 0 Å². The third-order valence-corrected chi connectivity index (χ3v) is 6.55. The van der Waals surface area contributed by atoms with E-state index in [2.05, 4.69) is 31.9 Å². The largest absolute Gasteiger partial charge is 0.279 e. The van der Waals surface area contributed by atoms with Crippen LogP contribution in [0.2, 0.25) is 0 Å². The Morgan fingerprint density at radius 3 is 2.17 bits per heavy atom. The first-order valence-electron chi connectivity index (χ1n) is 6.49. The summed E-state index contributed by atoms with van der Waals surface area (Å²) >= 11 is 12.2. The predicted octanol–water partition coefficient (Wildman–Crippen LogP) is 4.56. The second-order valence-electron chi connectivity index (χ2n) is 4.69. The number of carbonyl (C=O) groups is 1. The number of sulfonamides is 1. The van der Waals surface area contributed by atoms with E-state index in [1.165, 1.54) is 19.1 Å². The van der Waals surface area contributed by atoms with Crippen molar-refractivity contribution >= 4 is 64.4 Å². The number of anilines is 1. The maximum atomic E-state index is 13.0. The molecular formula is C15H12Br2ClNO3S. The van der Waals surface area contributed by atoms with Crippen LogP contribution in [0.3, 0.4) is 0 Å². The average molecular weight is 482 g/mol. The number of carbonyl (C=O) groups excluding carboxylic acids is 1. The Balaban J connectivity index is 2.64. The Hall–Kier alpha value is -0.890. The molecule has 2 aromatic rings. The van der Waals surface area contributed by atoms with E-state index >= 15 is 0 Å². The number of benzene rings is 2. The first-order chi connectivity index (χ1) is 10.7. The molecule has 0 N–H and O–H groups in total. The zero-order valence-corrected chi connectivity index (χ0v) is 16.7. The van der Waals surface area contributed by atoms with Gasteiger partial charge in [0.25, 0.3) is 10.0 Å². The van der Waals surface area contributed by atoms with Crippen LogP contribution in [-0.2, 0) is 14.8 Å². The van der Waals surface area contributed by atoms with Crippen LogP contribution in [0, 0.1) is 0 Å². The molecule has 2 aromatic carbocycles. The lowest BCUT2D eigenvalue weighted by Gasteiger charge is -2.29. The van der Waals surface area contributed by atoms with Gasteiger partial charge in [-0.15, -0.1) is 0 Å². The summed E-state index contributed by atoms with van der Waals surface area (Å²) < 4.78 is 28.4. The highest BCUT2D eigenvalue weighted by molar-refractivity contribution is 9.10. The molecule has 0 spiro atoms. The van der Waals surface area contributed by atoms with Crippen molar-refractivity contribution < 1.29 is 13.2 Å². The molecule has 0 radical (unpaired) electrons. The number of nitrogens with zero attached hydrogens (tertiary/aromatic N) is 1. The van der Waals surface area contributed by atoms with Crippen LogP contribution in [0.4, 0.5) is 5.69 Å². The molecule has 0 saturated carbocycles. The fraction of sp³-hybridized carbons (Fsp3) is 0.133. The van der Waals surface area contributed by atoms with Gasteiger partial charge in [-0.05, 0) is 70.9 Å². The normalized spacial score (nSPS) is 12.7. The smallest absolute Gasteiger partial charge is 0.265 e. The summed E-state index contributed by atoms with van der Waals surface area (Å²) in [6, 6.07) is 11.9. The van der Waals surface area contributed by atoms with Crippen molar-refractivity contribution in [2.75, 3.05) is 4.31 Å². The zero-order valence-electron chi connectivity index (χ0n) is 11.9. The predicted molar refractivity (Wildman–Crippen MR) is 98.3 cm³/mol. The average Bonchev–Trinajstić information content (AvgIpc) is 2.49. The molecule has 0 aliphatic carbocycles. The van der Waals surface area contributed by atoms with E-state index in [9.17, 15) is 13.2 Å². The molecule has 1 atom stereocenters. The lowest BCUT2D eigenvalue weighted by molar-refractivity contribution is -0.112. The standard InChI is InChI=1S/C15H12Br2ClNO3S/c1-10(15(18)20)19(14-5-3-2-4-13(14)17)23(21,22)12-8-6-11(16)7-9-12/h2-10H,1H3. The lowest BCUT2D eigenvalue weighted by Crippen LogP contribution is -2.42. The van der Waals surface area contributed by atoms with Gasteiger partial charge in [0, 0.05) is 8.95 Å². The van der Waals surface area contributed by atoms with Gasteiger partial charge < -0.3 is 0 Å².